The number of nitrogens with one attached hydrogen (secondary N) is 1. The van der Waals surface area contributed by atoms with Gasteiger partial charge in [0, 0.05) is 6.54 Å². The highest BCUT2D eigenvalue weighted by Gasteiger charge is 1.88. The number of alkyl halides is 1. The van der Waals surface area contributed by atoms with Crippen molar-refractivity contribution in [2.45, 2.75) is 6.29 Å². The molecule has 0 radical (unpaired) electrons. The maximum Gasteiger partial charge on any atom is 0.164 e. The monoisotopic (exact) mass is 185 g/mol. The van der Waals surface area contributed by atoms with Crippen molar-refractivity contribution in [1.29, 1.82) is 0 Å². The third-order valence-corrected chi connectivity index (χ3v) is 0.387. The summed E-state index contributed by atoms with van der Waals surface area (Å²) in [5.41, 5.74) is 0. The molecule has 0 saturated carbocycles. The topological polar surface area (TPSA) is 52.5 Å². The molecule has 0 aliphatic heterocycles. The van der Waals surface area contributed by atoms with Crippen molar-refractivity contribution in [1.82, 2.24) is 5.32 Å². The molecule has 0 aliphatic rings. The van der Waals surface area contributed by atoms with Crippen molar-refractivity contribution in [3.8, 4) is 0 Å². The molecule has 3 N–H and O–H groups in total. The Kier molecular flexibility index (Phi) is 14.5. The number of aliphatic hydroxyl groups is 2. The summed E-state index contributed by atoms with van der Waals surface area (Å²) in [6, 6.07) is 0. The summed E-state index contributed by atoms with van der Waals surface area (Å²) in [6.45, 7) is 0.236. The number of likely N-dealkylation sites (N-methyl/N-ethyl adjacent to an activating group) is 1. The van der Waals surface area contributed by atoms with Crippen LogP contribution in [0.3, 0.4) is 0 Å². The van der Waals surface area contributed by atoms with Gasteiger partial charge >= 0.3 is 0 Å². The SMILES string of the molecule is CBr.CNCC(O)O. The summed E-state index contributed by atoms with van der Waals surface area (Å²) in [6.07, 6.45) is -1.21. The molecular formula is C4H12BrNO2. The van der Waals surface area contributed by atoms with Gasteiger partial charge < -0.3 is 15.5 Å². The average Bonchev–Trinajstić information content (AvgIpc) is 1.72. The van der Waals surface area contributed by atoms with Gasteiger partial charge in [-0.25, -0.2) is 0 Å². The molecule has 0 spiro atoms. The lowest BCUT2D eigenvalue weighted by Crippen LogP contribution is -2.22. The zero-order chi connectivity index (χ0) is 6.99. The first-order valence-corrected chi connectivity index (χ1v) is 3.74. The van der Waals surface area contributed by atoms with Crippen LogP contribution in [-0.2, 0) is 0 Å². The standard InChI is InChI=1S/C3H9NO2.CH3Br/c1-4-2-3(5)6;1-2/h3-6H,2H2,1H3;1H3. The summed E-state index contributed by atoms with van der Waals surface area (Å²) in [7, 11) is 1.65. The van der Waals surface area contributed by atoms with Gasteiger partial charge in [0.05, 0.1) is 0 Å². The van der Waals surface area contributed by atoms with Crippen molar-refractivity contribution in [2.75, 3.05) is 19.4 Å². The van der Waals surface area contributed by atoms with Gasteiger partial charge in [0.2, 0.25) is 0 Å². The summed E-state index contributed by atoms with van der Waals surface area (Å²) < 4.78 is 0. The van der Waals surface area contributed by atoms with E-state index in [9.17, 15) is 0 Å². The maximum absolute atomic E-state index is 8.05. The van der Waals surface area contributed by atoms with E-state index < -0.39 is 6.29 Å². The molecule has 0 aromatic carbocycles. The predicted octanol–water partition coefficient (Wildman–Crippen LogP) is -0.472. The largest absolute Gasteiger partial charge is 0.367 e. The number of halogens is 1. The van der Waals surface area contributed by atoms with Crippen LogP contribution in [0.15, 0.2) is 0 Å². The fourth-order valence-corrected chi connectivity index (χ4v) is 0.183. The quantitative estimate of drug-likeness (QED) is 0.403. The van der Waals surface area contributed by atoms with E-state index in [4.69, 9.17) is 10.2 Å². The third kappa shape index (κ3) is 16.2. The van der Waals surface area contributed by atoms with Crippen LogP contribution in [0.1, 0.15) is 0 Å². The van der Waals surface area contributed by atoms with E-state index >= 15 is 0 Å². The summed E-state index contributed by atoms with van der Waals surface area (Å²) in [5.74, 6) is 1.81. The predicted molar refractivity (Wildman–Crippen MR) is 37.0 cm³/mol. The van der Waals surface area contributed by atoms with E-state index in [1.165, 1.54) is 0 Å². The minimum absolute atomic E-state index is 0.236. The normalized spacial score (nSPS) is 8.25. The lowest BCUT2D eigenvalue weighted by atomic mass is 10.6. The second-order valence-corrected chi connectivity index (χ2v) is 1.04. The molecule has 0 heterocycles. The Balaban J connectivity index is 0. The van der Waals surface area contributed by atoms with Crippen LogP contribution in [0.25, 0.3) is 0 Å². The zero-order valence-electron chi connectivity index (χ0n) is 5.06. The zero-order valence-corrected chi connectivity index (χ0v) is 6.64. The van der Waals surface area contributed by atoms with E-state index in [0.29, 0.717) is 0 Å². The van der Waals surface area contributed by atoms with Gasteiger partial charge in [-0.05, 0) is 12.9 Å². The van der Waals surface area contributed by atoms with E-state index in [-0.39, 0.29) is 6.54 Å². The highest BCUT2D eigenvalue weighted by atomic mass is 79.9. The maximum atomic E-state index is 8.05. The molecule has 8 heavy (non-hydrogen) atoms. The molecule has 0 amide bonds. The molecule has 0 bridgehead atoms. The molecular weight excluding hydrogens is 174 g/mol. The highest BCUT2D eigenvalue weighted by Crippen LogP contribution is 1.63. The van der Waals surface area contributed by atoms with E-state index in [0.717, 1.165) is 0 Å². The average molecular weight is 186 g/mol. The number of rotatable bonds is 2. The fourth-order valence-electron chi connectivity index (χ4n) is 0.183. The molecule has 0 rings (SSSR count). The molecule has 0 aromatic rings. The van der Waals surface area contributed by atoms with Crippen molar-refractivity contribution in [3.05, 3.63) is 0 Å². The molecule has 4 heteroatoms. The van der Waals surface area contributed by atoms with Gasteiger partial charge in [-0.2, -0.15) is 0 Å². The van der Waals surface area contributed by atoms with E-state index in [1.807, 2.05) is 5.83 Å². The van der Waals surface area contributed by atoms with Crippen molar-refractivity contribution in [3.63, 3.8) is 0 Å². The van der Waals surface area contributed by atoms with Gasteiger partial charge in [0.15, 0.2) is 6.29 Å². The Labute approximate surface area is 57.8 Å². The summed E-state index contributed by atoms with van der Waals surface area (Å²) >= 11 is 2.94. The Morgan fingerprint density at radius 1 is 1.50 bits per heavy atom. The van der Waals surface area contributed by atoms with Crippen LogP contribution in [0.5, 0.6) is 0 Å². The van der Waals surface area contributed by atoms with E-state index in [1.54, 1.807) is 7.05 Å². The molecule has 0 fully saturated rings. The molecule has 0 unspecified atom stereocenters. The number of aliphatic hydroxyl groups excluding tert-OH is 1. The van der Waals surface area contributed by atoms with Gasteiger partial charge in [0.1, 0.15) is 0 Å². The first-order valence-electron chi connectivity index (χ1n) is 2.16. The fraction of sp³-hybridized carbons (Fsp3) is 1.00. The van der Waals surface area contributed by atoms with Crippen LogP contribution in [-0.4, -0.2) is 35.9 Å². The minimum Gasteiger partial charge on any atom is -0.367 e. The Bertz CT molecular complexity index is 35.2. The Morgan fingerprint density at radius 3 is 1.88 bits per heavy atom. The van der Waals surface area contributed by atoms with Crippen molar-refractivity contribution >= 4 is 15.9 Å². The second-order valence-electron chi connectivity index (χ2n) is 1.04. The number of hydrogen-bond donors (Lipinski definition) is 3. The van der Waals surface area contributed by atoms with E-state index in [2.05, 4.69) is 21.2 Å². The summed E-state index contributed by atoms with van der Waals surface area (Å²) in [4.78, 5) is 0. The Hall–Kier alpha value is 0.360. The molecule has 0 aromatic heterocycles. The molecule has 0 saturated heterocycles. The van der Waals surface area contributed by atoms with Crippen LogP contribution >= 0.6 is 15.9 Å². The van der Waals surface area contributed by atoms with Gasteiger partial charge in [-0.3, -0.25) is 0 Å². The molecule has 0 aliphatic carbocycles. The van der Waals surface area contributed by atoms with Crippen LogP contribution < -0.4 is 5.32 Å². The number of hydrogen-bond acceptors (Lipinski definition) is 3. The summed E-state index contributed by atoms with van der Waals surface area (Å²) in [5, 5.41) is 18.7. The van der Waals surface area contributed by atoms with Crippen molar-refractivity contribution in [2.24, 2.45) is 0 Å². The first kappa shape index (κ1) is 11.2. The molecule has 0 atom stereocenters. The molecule has 52 valence electrons. The second kappa shape index (κ2) is 10.4. The first-order chi connectivity index (χ1) is 3.77. The lowest BCUT2D eigenvalue weighted by Gasteiger charge is -1.97. The lowest BCUT2D eigenvalue weighted by molar-refractivity contribution is -0.0359. The van der Waals surface area contributed by atoms with Crippen LogP contribution in [0.2, 0.25) is 0 Å². The Morgan fingerprint density at radius 2 is 1.88 bits per heavy atom. The van der Waals surface area contributed by atoms with Gasteiger partial charge in [-0.1, -0.05) is 15.9 Å². The van der Waals surface area contributed by atoms with Crippen LogP contribution in [0.4, 0.5) is 0 Å². The third-order valence-electron chi connectivity index (χ3n) is 0.387. The van der Waals surface area contributed by atoms with Crippen LogP contribution in [0, 0.1) is 0 Å². The minimum atomic E-state index is -1.21. The molecule has 3 nitrogen and oxygen atoms in total. The van der Waals surface area contributed by atoms with Gasteiger partial charge in [-0.15, -0.1) is 0 Å². The van der Waals surface area contributed by atoms with Crippen molar-refractivity contribution < 1.29 is 10.2 Å². The highest BCUT2D eigenvalue weighted by molar-refractivity contribution is 9.08. The smallest absolute Gasteiger partial charge is 0.164 e. The van der Waals surface area contributed by atoms with Gasteiger partial charge in [0.25, 0.3) is 0 Å².